The molecule has 2 aromatic carbocycles. The van der Waals surface area contributed by atoms with Gasteiger partial charge in [0.2, 0.25) is 0 Å². The minimum atomic E-state index is -0.480. The molecule has 150 valence electrons. The van der Waals surface area contributed by atoms with E-state index in [1.54, 1.807) is 55.6 Å². The Morgan fingerprint density at radius 1 is 1.10 bits per heavy atom. The van der Waals surface area contributed by atoms with Crippen molar-refractivity contribution in [1.29, 1.82) is 0 Å². The number of halogens is 1. The van der Waals surface area contributed by atoms with Crippen molar-refractivity contribution in [1.82, 2.24) is 14.5 Å². The van der Waals surface area contributed by atoms with Crippen molar-refractivity contribution in [3.05, 3.63) is 93.4 Å². The van der Waals surface area contributed by atoms with Gasteiger partial charge in [0, 0.05) is 16.8 Å². The van der Waals surface area contributed by atoms with Crippen LogP contribution in [0.25, 0.3) is 16.7 Å². The Morgan fingerprint density at radius 3 is 2.67 bits per heavy atom. The summed E-state index contributed by atoms with van der Waals surface area (Å²) in [6.07, 6.45) is 1.64. The minimum absolute atomic E-state index is 0.0887. The molecule has 1 unspecified atom stereocenters. The summed E-state index contributed by atoms with van der Waals surface area (Å²) < 4.78 is 1.49. The smallest absolute Gasteiger partial charge is 0.267 e. The number of carbonyl (C=O) groups is 1. The van der Waals surface area contributed by atoms with Crippen molar-refractivity contribution in [2.75, 3.05) is 0 Å². The predicted molar refractivity (Wildman–Crippen MR) is 121 cm³/mol. The largest absolute Gasteiger partial charge is 0.293 e. The van der Waals surface area contributed by atoms with Gasteiger partial charge in [0.05, 0.1) is 16.2 Å². The van der Waals surface area contributed by atoms with Crippen LogP contribution in [0.3, 0.4) is 0 Å². The summed E-state index contributed by atoms with van der Waals surface area (Å²) in [5.41, 5.74) is 1.73. The lowest BCUT2D eigenvalue weighted by Gasteiger charge is -2.16. The van der Waals surface area contributed by atoms with Crippen LogP contribution in [-0.4, -0.2) is 25.6 Å². The van der Waals surface area contributed by atoms with Crippen molar-refractivity contribution < 1.29 is 4.79 Å². The van der Waals surface area contributed by atoms with Crippen LogP contribution >= 0.6 is 23.4 Å². The number of pyridine rings is 1. The number of aryl methyl sites for hydroxylation is 1. The molecule has 0 aliphatic carbocycles. The Hall–Kier alpha value is -2.96. The Labute approximate surface area is 182 Å². The van der Waals surface area contributed by atoms with Gasteiger partial charge in [-0.15, -0.1) is 0 Å². The molecule has 2 heterocycles. The Bertz CT molecular complexity index is 1320. The average molecular weight is 436 g/mol. The van der Waals surface area contributed by atoms with Crippen molar-refractivity contribution in [3.63, 3.8) is 0 Å². The van der Waals surface area contributed by atoms with Crippen LogP contribution in [0, 0.1) is 6.92 Å². The highest BCUT2D eigenvalue weighted by molar-refractivity contribution is 8.00. The van der Waals surface area contributed by atoms with Crippen LogP contribution in [0.15, 0.2) is 76.8 Å². The maximum absolute atomic E-state index is 13.3. The standard InChI is InChI=1S/C23H18ClN3O2S/c1-14-7-6-12-25-21(14)27-22(29)18-10-3-4-11-19(18)26-23(27)30-15(2)20(28)16-8-5-9-17(24)13-16/h3-13,15H,1-2H3. The molecule has 0 N–H and O–H groups in total. The van der Waals surface area contributed by atoms with E-state index in [9.17, 15) is 9.59 Å². The first-order valence-electron chi connectivity index (χ1n) is 9.36. The molecular formula is C23H18ClN3O2S. The Kier molecular flexibility index (Phi) is 5.70. The maximum Gasteiger partial charge on any atom is 0.267 e. The first-order chi connectivity index (χ1) is 14.5. The van der Waals surface area contributed by atoms with Gasteiger partial charge in [-0.3, -0.25) is 9.59 Å². The molecule has 0 bridgehead atoms. The van der Waals surface area contributed by atoms with Gasteiger partial charge in [-0.05, 0) is 49.7 Å². The summed E-state index contributed by atoms with van der Waals surface area (Å²) in [5.74, 6) is 0.417. The quantitative estimate of drug-likeness (QED) is 0.248. The molecule has 2 aromatic heterocycles. The molecule has 0 fully saturated rings. The van der Waals surface area contributed by atoms with E-state index in [1.165, 1.54) is 16.3 Å². The number of para-hydroxylation sites is 1. The summed E-state index contributed by atoms with van der Waals surface area (Å²) >= 11 is 7.27. The molecular weight excluding hydrogens is 418 g/mol. The van der Waals surface area contributed by atoms with Crippen LogP contribution in [0.4, 0.5) is 0 Å². The van der Waals surface area contributed by atoms with Gasteiger partial charge in [-0.2, -0.15) is 0 Å². The van der Waals surface area contributed by atoms with Gasteiger partial charge >= 0.3 is 0 Å². The summed E-state index contributed by atoms with van der Waals surface area (Å²) in [7, 11) is 0. The number of hydrogen-bond acceptors (Lipinski definition) is 5. The van der Waals surface area contributed by atoms with Crippen LogP contribution in [-0.2, 0) is 0 Å². The molecule has 5 nitrogen and oxygen atoms in total. The van der Waals surface area contributed by atoms with Crippen molar-refractivity contribution in [2.45, 2.75) is 24.3 Å². The highest BCUT2D eigenvalue weighted by atomic mass is 35.5. The number of nitrogens with zero attached hydrogens (tertiary/aromatic N) is 3. The predicted octanol–water partition coefficient (Wildman–Crippen LogP) is 5.11. The van der Waals surface area contributed by atoms with E-state index in [0.29, 0.717) is 32.5 Å². The van der Waals surface area contributed by atoms with Gasteiger partial charge in [0.15, 0.2) is 10.9 Å². The highest BCUT2D eigenvalue weighted by Gasteiger charge is 2.22. The van der Waals surface area contributed by atoms with Gasteiger partial charge in [-0.1, -0.05) is 53.7 Å². The number of aromatic nitrogens is 3. The van der Waals surface area contributed by atoms with E-state index in [4.69, 9.17) is 16.6 Å². The van der Waals surface area contributed by atoms with E-state index < -0.39 is 5.25 Å². The van der Waals surface area contributed by atoms with Crippen LogP contribution in [0.1, 0.15) is 22.8 Å². The lowest BCUT2D eigenvalue weighted by Crippen LogP contribution is -2.25. The third-order valence-corrected chi connectivity index (χ3v) is 5.99. The van der Waals surface area contributed by atoms with Crippen molar-refractivity contribution in [3.8, 4) is 5.82 Å². The average Bonchev–Trinajstić information content (AvgIpc) is 2.74. The molecule has 0 amide bonds. The fourth-order valence-electron chi connectivity index (χ4n) is 3.18. The molecule has 0 aliphatic rings. The minimum Gasteiger partial charge on any atom is -0.293 e. The van der Waals surface area contributed by atoms with Gasteiger partial charge < -0.3 is 0 Å². The van der Waals surface area contributed by atoms with E-state index in [2.05, 4.69) is 4.98 Å². The lowest BCUT2D eigenvalue weighted by molar-refractivity contribution is 0.0994. The molecule has 7 heteroatoms. The van der Waals surface area contributed by atoms with Gasteiger partial charge in [0.1, 0.15) is 5.82 Å². The molecule has 0 aliphatic heterocycles. The van der Waals surface area contributed by atoms with Crippen LogP contribution in [0.5, 0.6) is 0 Å². The fraction of sp³-hybridized carbons (Fsp3) is 0.130. The van der Waals surface area contributed by atoms with Crippen LogP contribution < -0.4 is 5.56 Å². The SMILES string of the molecule is Cc1cccnc1-n1c(SC(C)C(=O)c2cccc(Cl)c2)nc2ccccc2c1=O. The van der Waals surface area contributed by atoms with E-state index >= 15 is 0 Å². The highest BCUT2D eigenvalue weighted by Crippen LogP contribution is 2.27. The number of ketones is 1. The third-order valence-electron chi connectivity index (χ3n) is 4.70. The molecule has 30 heavy (non-hydrogen) atoms. The Balaban J connectivity index is 1.83. The monoisotopic (exact) mass is 435 g/mol. The van der Waals surface area contributed by atoms with Gasteiger partial charge in [-0.25, -0.2) is 14.5 Å². The molecule has 0 radical (unpaired) electrons. The summed E-state index contributed by atoms with van der Waals surface area (Å²) in [6.45, 7) is 3.68. The number of benzene rings is 2. The van der Waals surface area contributed by atoms with E-state index in [1.807, 2.05) is 25.1 Å². The molecule has 1 atom stereocenters. The van der Waals surface area contributed by atoms with E-state index in [0.717, 1.165) is 5.56 Å². The van der Waals surface area contributed by atoms with Crippen molar-refractivity contribution >= 4 is 40.0 Å². The second kappa shape index (κ2) is 8.42. The van der Waals surface area contributed by atoms with E-state index in [-0.39, 0.29) is 11.3 Å². The Morgan fingerprint density at radius 2 is 1.90 bits per heavy atom. The lowest BCUT2D eigenvalue weighted by atomic mass is 10.1. The number of carbonyl (C=O) groups excluding carboxylic acids is 1. The molecule has 0 spiro atoms. The number of rotatable bonds is 5. The zero-order valence-electron chi connectivity index (χ0n) is 16.4. The maximum atomic E-state index is 13.3. The van der Waals surface area contributed by atoms with Crippen molar-refractivity contribution in [2.24, 2.45) is 0 Å². The number of hydrogen-bond donors (Lipinski definition) is 0. The van der Waals surface area contributed by atoms with Crippen LogP contribution in [0.2, 0.25) is 5.02 Å². The fourth-order valence-corrected chi connectivity index (χ4v) is 4.35. The first kappa shape index (κ1) is 20.3. The molecule has 4 aromatic rings. The molecule has 4 rings (SSSR count). The summed E-state index contributed by atoms with van der Waals surface area (Å²) in [5, 5.41) is 0.943. The van der Waals surface area contributed by atoms with Gasteiger partial charge in [0.25, 0.3) is 5.56 Å². The first-order valence-corrected chi connectivity index (χ1v) is 10.6. The number of fused-ring (bicyclic) bond motifs is 1. The zero-order valence-corrected chi connectivity index (χ0v) is 17.9. The third kappa shape index (κ3) is 3.88. The second-order valence-corrected chi connectivity index (χ2v) is 8.58. The molecule has 0 saturated carbocycles. The normalized spacial score (nSPS) is 12.1. The summed E-state index contributed by atoms with van der Waals surface area (Å²) in [4.78, 5) is 35.4. The molecule has 0 saturated heterocycles. The topological polar surface area (TPSA) is 64.8 Å². The summed E-state index contributed by atoms with van der Waals surface area (Å²) in [6, 6.07) is 17.7. The zero-order chi connectivity index (χ0) is 21.3. The second-order valence-electron chi connectivity index (χ2n) is 6.83. The number of thioether (sulfide) groups is 1. The number of Topliss-reactive ketones (excluding diaryl/α,β-unsaturated/α-hetero) is 1.